The Morgan fingerprint density at radius 2 is 1.89 bits per heavy atom. The molecule has 2 aromatic heterocycles. The molecule has 1 unspecified atom stereocenters. The second-order valence-corrected chi connectivity index (χ2v) is 6.45. The summed E-state index contributed by atoms with van der Waals surface area (Å²) in [6, 6.07) is 17.9. The van der Waals surface area contributed by atoms with Crippen molar-refractivity contribution in [2.24, 2.45) is 0 Å². The van der Waals surface area contributed by atoms with Crippen LogP contribution in [-0.4, -0.2) is 10.9 Å². The first-order chi connectivity index (χ1) is 13.2. The smallest absolute Gasteiger partial charge is 0.221 e. The fourth-order valence-corrected chi connectivity index (χ4v) is 3.34. The lowest BCUT2D eigenvalue weighted by Gasteiger charge is -2.17. The number of H-pyrrole nitrogens is 1. The Balaban J connectivity index is 1.62. The van der Waals surface area contributed by atoms with E-state index in [0.29, 0.717) is 12.3 Å². The SMILES string of the molecule is O=C(CC(c1ccc(F)cc1)c1c[nH]c2ccccc12)NCc1ccco1. The van der Waals surface area contributed by atoms with Crippen LogP contribution in [0.1, 0.15) is 29.2 Å². The normalized spacial score (nSPS) is 12.2. The number of furan rings is 1. The summed E-state index contributed by atoms with van der Waals surface area (Å²) in [5.41, 5.74) is 2.93. The Labute approximate surface area is 156 Å². The number of benzene rings is 2. The molecule has 1 atom stereocenters. The first-order valence-electron chi connectivity index (χ1n) is 8.81. The zero-order valence-corrected chi connectivity index (χ0v) is 14.6. The van der Waals surface area contributed by atoms with Gasteiger partial charge in [0.05, 0.1) is 12.8 Å². The van der Waals surface area contributed by atoms with Gasteiger partial charge in [-0.3, -0.25) is 4.79 Å². The van der Waals surface area contributed by atoms with E-state index in [0.717, 1.165) is 22.0 Å². The van der Waals surface area contributed by atoms with Gasteiger partial charge in [0.25, 0.3) is 0 Å². The highest BCUT2D eigenvalue weighted by Gasteiger charge is 2.21. The molecule has 2 heterocycles. The monoisotopic (exact) mass is 362 g/mol. The highest BCUT2D eigenvalue weighted by Crippen LogP contribution is 2.33. The largest absolute Gasteiger partial charge is 0.467 e. The third kappa shape index (κ3) is 3.77. The number of para-hydroxylation sites is 1. The number of carbonyl (C=O) groups excluding carboxylic acids is 1. The lowest BCUT2D eigenvalue weighted by molar-refractivity contribution is -0.121. The van der Waals surface area contributed by atoms with Crippen LogP contribution in [0.15, 0.2) is 77.5 Å². The predicted molar refractivity (Wildman–Crippen MR) is 102 cm³/mol. The minimum absolute atomic E-state index is 0.0917. The van der Waals surface area contributed by atoms with Crippen molar-refractivity contribution in [2.75, 3.05) is 0 Å². The van der Waals surface area contributed by atoms with Crippen molar-refractivity contribution in [3.8, 4) is 0 Å². The Morgan fingerprint density at radius 1 is 1.07 bits per heavy atom. The summed E-state index contributed by atoms with van der Waals surface area (Å²) < 4.78 is 18.6. The van der Waals surface area contributed by atoms with Gasteiger partial charge in [-0.2, -0.15) is 0 Å². The topological polar surface area (TPSA) is 58.0 Å². The molecule has 5 heteroatoms. The number of hydrogen-bond donors (Lipinski definition) is 2. The van der Waals surface area contributed by atoms with E-state index < -0.39 is 0 Å². The molecule has 0 bridgehead atoms. The van der Waals surface area contributed by atoms with Crippen LogP contribution in [-0.2, 0) is 11.3 Å². The fraction of sp³-hybridized carbons (Fsp3) is 0.136. The Hall–Kier alpha value is -3.34. The standard InChI is InChI=1S/C22H19FN2O2/c23-16-9-7-15(8-10-16)19(12-22(26)25-13-17-4-3-11-27-17)20-14-24-21-6-2-1-5-18(20)21/h1-11,14,19,24H,12-13H2,(H,25,26). The maximum Gasteiger partial charge on any atom is 0.221 e. The van der Waals surface area contributed by atoms with Gasteiger partial charge in [-0.15, -0.1) is 0 Å². The van der Waals surface area contributed by atoms with Crippen molar-refractivity contribution in [1.29, 1.82) is 0 Å². The molecule has 2 aromatic carbocycles. The van der Waals surface area contributed by atoms with Crippen LogP contribution < -0.4 is 5.32 Å². The number of hydrogen-bond acceptors (Lipinski definition) is 2. The molecule has 0 spiro atoms. The van der Waals surface area contributed by atoms with Crippen LogP contribution in [0.4, 0.5) is 4.39 Å². The summed E-state index contributed by atoms with van der Waals surface area (Å²) >= 11 is 0. The van der Waals surface area contributed by atoms with Crippen molar-refractivity contribution in [3.63, 3.8) is 0 Å². The van der Waals surface area contributed by atoms with Crippen molar-refractivity contribution in [3.05, 3.63) is 95.8 Å². The maximum atomic E-state index is 13.4. The number of amides is 1. The van der Waals surface area contributed by atoms with Gasteiger partial charge in [0, 0.05) is 29.4 Å². The first-order valence-corrected chi connectivity index (χ1v) is 8.81. The molecule has 0 aliphatic carbocycles. The van der Waals surface area contributed by atoms with Crippen LogP contribution in [0.3, 0.4) is 0 Å². The van der Waals surface area contributed by atoms with E-state index in [2.05, 4.69) is 10.3 Å². The number of nitrogens with one attached hydrogen (secondary N) is 2. The van der Waals surface area contributed by atoms with Gasteiger partial charge in [-0.05, 0) is 41.5 Å². The molecule has 4 rings (SSSR count). The quantitative estimate of drug-likeness (QED) is 0.521. The Morgan fingerprint density at radius 3 is 2.67 bits per heavy atom. The van der Waals surface area contributed by atoms with Crippen LogP contribution in [0.2, 0.25) is 0 Å². The second-order valence-electron chi connectivity index (χ2n) is 6.45. The molecule has 1 amide bonds. The number of aromatic nitrogens is 1. The van der Waals surface area contributed by atoms with E-state index in [9.17, 15) is 9.18 Å². The average molecular weight is 362 g/mol. The minimum atomic E-state index is -0.293. The molecule has 0 aliphatic rings. The highest BCUT2D eigenvalue weighted by atomic mass is 19.1. The van der Waals surface area contributed by atoms with Crippen LogP contribution >= 0.6 is 0 Å². The zero-order valence-electron chi connectivity index (χ0n) is 14.6. The first kappa shape index (κ1) is 17.1. The number of halogens is 1. The van der Waals surface area contributed by atoms with Crippen molar-refractivity contribution < 1.29 is 13.6 Å². The van der Waals surface area contributed by atoms with Gasteiger partial charge in [0.1, 0.15) is 11.6 Å². The lowest BCUT2D eigenvalue weighted by Crippen LogP contribution is -2.24. The maximum absolute atomic E-state index is 13.4. The molecular weight excluding hydrogens is 343 g/mol. The molecule has 0 saturated heterocycles. The average Bonchev–Trinajstić information content (AvgIpc) is 3.35. The third-order valence-corrected chi connectivity index (χ3v) is 4.70. The summed E-state index contributed by atoms with van der Waals surface area (Å²) in [5, 5.41) is 3.95. The van der Waals surface area contributed by atoms with Gasteiger partial charge >= 0.3 is 0 Å². The third-order valence-electron chi connectivity index (χ3n) is 4.70. The summed E-state index contributed by atoms with van der Waals surface area (Å²) in [7, 11) is 0. The van der Waals surface area contributed by atoms with E-state index in [1.807, 2.05) is 36.5 Å². The van der Waals surface area contributed by atoms with Gasteiger partial charge in [0.2, 0.25) is 5.91 Å². The van der Waals surface area contributed by atoms with Crippen LogP contribution in [0.25, 0.3) is 10.9 Å². The second kappa shape index (κ2) is 7.50. The number of rotatable bonds is 6. The lowest BCUT2D eigenvalue weighted by atomic mass is 9.88. The van der Waals surface area contributed by atoms with Gasteiger partial charge in [-0.25, -0.2) is 4.39 Å². The molecule has 4 aromatic rings. The molecular formula is C22H19FN2O2. The molecule has 0 saturated carbocycles. The summed E-state index contributed by atoms with van der Waals surface area (Å²) in [5.74, 6) is 0.136. The molecule has 27 heavy (non-hydrogen) atoms. The molecule has 0 aliphatic heterocycles. The summed E-state index contributed by atoms with van der Waals surface area (Å²) in [4.78, 5) is 15.8. The highest BCUT2D eigenvalue weighted by molar-refractivity contribution is 5.86. The van der Waals surface area contributed by atoms with Crippen LogP contribution in [0, 0.1) is 5.82 Å². The molecule has 2 N–H and O–H groups in total. The fourth-order valence-electron chi connectivity index (χ4n) is 3.34. The van der Waals surface area contributed by atoms with E-state index >= 15 is 0 Å². The number of fused-ring (bicyclic) bond motifs is 1. The van der Waals surface area contributed by atoms with Crippen molar-refractivity contribution in [2.45, 2.75) is 18.9 Å². The predicted octanol–water partition coefficient (Wildman–Crippen LogP) is 4.74. The van der Waals surface area contributed by atoms with E-state index in [1.54, 1.807) is 24.5 Å². The van der Waals surface area contributed by atoms with Crippen molar-refractivity contribution in [1.82, 2.24) is 10.3 Å². The van der Waals surface area contributed by atoms with E-state index in [1.165, 1.54) is 12.1 Å². The van der Waals surface area contributed by atoms with Gasteiger partial charge in [-0.1, -0.05) is 30.3 Å². The Kier molecular flexibility index (Phi) is 4.75. The van der Waals surface area contributed by atoms with Crippen LogP contribution in [0.5, 0.6) is 0 Å². The summed E-state index contributed by atoms with van der Waals surface area (Å²) in [6.07, 6.45) is 3.77. The molecule has 0 radical (unpaired) electrons. The molecule has 136 valence electrons. The van der Waals surface area contributed by atoms with Gasteiger partial charge < -0.3 is 14.7 Å². The number of aromatic amines is 1. The summed E-state index contributed by atoms with van der Waals surface area (Å²) in [6.45, 7) is 0.343. The van der Waals surface area contributed by atoms with Crippen molar-refractivity contribution >= 4 is 16.8 Å². The Bertz CT molecular complexity index is 1040. The zero-order chi connectivity index (χ0) is 18.6. The minimum Gasteiger partial charge on any atom is -0.467 e. The van der Waals surface area contributed by atoms with E-state index in [-0.39, 0.29) is 24.1 Å². The van der Waals surface area contributed by atoms with E-state index in [4.69, 9.17) is 4.42 Å². The molecule has 0 fully saturated rings. The molecule has 4 nitrogen and oxygen atoms in total. The number of carbonyl (C=O) groups is 1. The van der Waals surface area contributed by atoms with Gasteiger partial charge in [0.15, 0.2) is 0 Å².